The summed E-state index contributed by atoms with van der Waals surface area (Å²) in [5.74, 6) is 0. The SMILES string of the molecule is CC1(C)c2ccc3cccc4c3c2-c2c(ccc(-c3cccc(-c5cccc6c5oc5ccccc56)c3)c21)-c1ccccc1-4. The fraction of sp³-hybridized carbons (Fsp3) is 0.0698. The minimum absolute atomic E-state index is 0.154. The maximum atomic E-state index is 6.44. The molecule has 0 radical (unpaired) electrons. The van der Waals surface area contributed by atoms with Crippen molar-refractivity contribution in [2.75, 3.05) is 0 Å². The molecule has 0 unspecified atom stereocenters. The largest absolute Gasteiger partial charge is 0.455 e. The number of benzene rings is 7. The Morgan fingerprint density at radius 3 is 2.02 bits per heavy atom. The molecular formula is C43H28O. The second kappa shape index (κ2) is 8.36. The second-order valence-corrected chi connectivity index (χ2v) is 12.8. The predicted octanol–water partition coefficient (Wildman–Crippen LogP) is 12.0. The summed E-state index contributed by atoms with van der Waals surface area (Å²) in [6.45, 7) is 4.82. The lowest BCUT2D eigenvalue weighted by Crippen LogP contribution is -2.16. The molecule has 0 N–H and O–H groups in total. The van der Waals surface area contributed by atoms with Crippen LogP contribution in [0.25, 0.3) is 88.3 Å². The van der Waals surface area contributed by atoms with E-state index >= 15 is 0 Å². The van der Waals surface area contributed by atoms with E-state index in [-0.39, 0.29) is 5.41 Å². The van der Waals surface area contributed by atoms with Crippen molar-refractivity contribution in [3.8, 4) is 55.6 Å². The first-order chi connectivity index (χ1) is 21.6. The van der Waals surface area contributed by atoms with Crippen molar-refractivity contribution in [3.63, 3.8) is 0 Å². The van der Waals surface area contributed by atoms with E-state index in [9.17, 15) is 0 Å². The standard InChI is InChI=1S/C43H28O/c1-43(2)36-23-20-25-10-8-17-33-30-13-3-4-14-31(30)34-22-21-28(41(43)39(34)40(36)38(25)33)26-11-7-12-27(24-26)29-16-9-18-35-32-15-5-6-19-37(32)44-42(29)35/h3-24H,1-2H3. The van der Waals surface area contributed by atoms with Crippen molar-refractivity contribution >= 4 is 32.7 Å². The van der Waals surface area contributed by atoms with E-state index in [4.69, 9.17) is 4.42 Å². The Hall–Kier alpha value is -5.40. The van der Waals surface area contributed by atoms with E-state index in [0.717, 1.165) is 27.5 Å². The lowest BCUT2D eigenvalue weighted by atomic mass is 9.77. The van der Waals surface area contributed by atoms with Crippen molar-refractivity contribution in [2.24, 2.45) is 0 Å². The summed E-state index contributed by atoms with van der Waals surface area (Å²) < 4.78 is 6.44. The minimum atomic E-state index is -0.154. The van der Waals surface area contributed by atoms with Gasteiger partial charge in [0.05, 0.1) is 0 Å². The predicted molar refractivity (Wildman–Crippen MR) is 184 cm³/mol. The van der Waals surface area contributed by atoms with Gasteiger partial charge in [-0.15, -0.1) is 0 Å². The van der Waals surface area contributed by atoms with E-state index in [1.165, 1.54) is 72.0 Å². The lowest BCUT2D eigenvalue weighted by Gasteiger charge is -2.26. The highest BCUT2D eigenvalue weighted by Crippen LogP contribution is 2.60. The zero-order chi connectivity index (χ0) is 29.2. The highest BCUT2D eigenvalue weighted by molar-refractivity contribution is 6.17. The summed E-state index contributed by atoms with van der Waals surface area (Å²) in [6, 6.07) is 49.0. The molecule has 0 spiro atoms. The van der Waals surface area contributed by atoms with Gasteiger partial charge in [0.2, 0.25) is 0 Å². The van der Waals surface area contributed by atoms with E-state index < -0.39 is 0 Å². The molecule has 1 heteroatoms. The topological polar surface area (TPSA) is 13.1 Å². The fourth-order valence-electron chi connectivity index (χ4n) is 8.28. The van der Waals surface area contributed by atoms with Gasteiger partial charge in [0.25, 0.3) is 0 Å². The fourth-order valence-corrected chi connectivity index (χ4v) is 8.28. The van der Waals surface area contributed by atoms with Crippen molar-refractivity contribution in [2.45, 2.75) is 19.3 Å². The Morgan fingerprint density at radius 2 is 1.14 bits per heavy atom. The zero-order valence-electron chi connectivity index (χ0n) is 24.6. The van der Waals surface area contributed by atoms with Crippen molar-refractivity contribution in [1.29, 1.82) is 0 Å². The molecule has 0 atom stereocenters. The first-order valence-corrected chi connectivity index (χ1v) is 15.4. The van der Waals surface area contributed by atoms with Crippen LogP contribution in [0.15, 0.2) is 138 Å². The molecule has 1 aromatic heterocycles. The average molecular weight is 561 g/mol. The maximum Gasteiger partial charge on any atom is 0.143 e. The summed E-state index contributed by atoms with van der Waals surface area (Å²) >= 11 is 0. The van der Waals surface area contributed by atoms with Crippen molar-refractivity contribution in [3.05, 3.63) is 145 Å². The molecule has 1 heterocycles. The average Bonchev–Trinajstić information content (AvgIpc) is 3.52. The summed E-state index contributed by atoms with van der Waals surface area (Å²) in [5, 5.41) is 5.00. The Labute approximate surface area is 256 Å². The van der Waals surface area contributed by atoms with Crippen molar-refractivity contribution in [1.82, 2.24) is 0 Å². The highest BCUT2D eigenvalue weighted by Gasteiger charge is 2.41. The normalized spacial score (nSPS) is 13.9. The molecule has 8 aromatic rings. The molecule has 0 amide bonds. The van der Waals surface area contributed by atoms with Crippen LogP contribution in [0.2, 0.25) is 0 Å². The van der Waals surface area contributed by atoms with Crippen LogP contribution in [0.4, 0.5) is 0 Å². The van der Waals surface area contributed by atoms with Crippen LogP contribution in [-0.2, 0) is 5.41 Å². The van der Waals surface area contributed by atoms with Crippen LogP contribution in [0.1, 0.15) is 25.0 Å². The number of hydrogen-bond acceptors (Lipinski definition) is 1. The summed E-state index contributed by atoms with van der Waals surface area (Å²) in [7, 11) is 0. The molecule has 0 bridgehead atoms. The van der Waals surface area contributed by atoms with E-state index in [2.05, 4.69) is 141 Å². The van der Waals surface area contributed by atoms with Gasteiger partial charge < -0.3 is 4.42 Å². The Bertz CT molecular complexity index is 2520. The van der Waals surface area contributed by atoms with Gasteiger partial charge >= 0.3 is 0 Å². The first-order valence-electron chi connectivity index (χ1n) is 15.4. The smallest absolute Gasteiger partial charge is 0.143 e. The van der Waals surface area contributed by atoms with Gasteiger partial charge in [0.1, 0.15) is 11.2 Å². The Balaban J connectivity index is 1.26. The molecule has 0 saturated heterocycles. The third kappa shape index (κ3) is 2.99. The maximum absolute atomic E-state index is 6.44. The van der Waals surface area contributed by atoms with E-state index in [1.54, 1.807) is 0 Å². The van der Waals surface area contributed by atoms with Crippen LogP contribution in [0.5, 0.6) is 0 Å². The van der Waals surface area contributed by atoms with Crippen molar-refractivity contribution < 1.29 is 4.42 Å². The Kier molecular flexibility index (Phi) is 4.58. The number of fused-ring (bicyclic) bond motifs is 6. The van der Waals surface area contributed by atoms with Crippen LogP contribution in [0.3, 0.4) is 0 Å². The molecule has 1 nitrogen and oxygen atoms in total. The monoisotopic (exact) mass is 560 g/mol. The number of para-hydroxylation sites is 2. The number of hydrogen-bond donors (Lipinski definition) is 0. The quantitative estimate of drug-likeness (QED) is 0.205. The number of furan rings is 1. The zero-order valence-corrected chi connectivity index (χ0v) is 24.6. The van der Waals surface area contributed by atoms with Gasteiger partial charge in [-0.2, -0.15) is 0 Å². The molecule has 0 saturated carbocycles. The third-order valence-electron chi connectivity index (χ3n) is 10.2. The summed E-state index contributed by atoms with van der Waals surface area (Å²) in [5.41, 5.74) is 17.5. The lowest BCUT2D eigenvalue weighted by molar-refractivity contribution is 0.662. The molecule has 44 heavy (non-hydrogen) atoms. The van der Waals surface area contributed by atoms with Gasteiger partial charge in [-0.3, -0.25) is 0 Å². The summed E-state index contributed by atoms with van der Waals surface area (Å²) in [4.78, 5) is 0. The summed E-state index contributed by atoms with van der Waals surface area (Å²) in [6.07, 6.45) is 0. The molecule has 10 rings (SSSR count). The molecule has 0 fully saturated rings. The van der Waals surface area contributed by atoms with Gasteiger partial charge in [0, 0.05) is 21.8 Å². The van der Waals surface area contributed by atoms with Gasteiger partial charge in [0.15, 0.2) is 0 Å². The van der Waals surface area contributed by atoms with E-state index in [0.29, 0.717) is 0 Å². The second-order valence-electron chi connectivity index (χ2n) is 12.8. The Morgan fingerprint density at radius 1 is 0.477 bits per heavy atom. The van der Waals surface area contributed by atoms with E-state index in [1.807, 2.05) is 6.07 Å². The minimum Gasteiger partial charge on any atom is -0.455 e. The van der Waals surface area contributed by atoms with Gasteiger partial charge in [-0.1, -0.05) is 135 Å². The van der Waals surface area contributed by atoms with Crippen LogP contribution >= 0.6 is 0 Å². The highest BCUT2D eigenvalue weighted by atomic mass is 16.3. The van der Waals surface area contributed by atoms with Gasteiger partial charge in [-0.05, 0) is 84.1 Å². The van der Waals surface area contributed by atoms with Crippen LogP contribution in [-0.4, -0.2) is 0 Å². The van der Waals surface area contributed by atoms with Gasteiger partial charge in [-0.25, -0.2) is 0 Å². The molecule has 2 aliphatic rings. The molecule has 7 aromatic carbocycles. The third-order valence-corrected chi connectivity index (χ3v) is 10.2. The molecule has 0 aliphatic heterocycles. The van der Waals surface area contributed by atoms with Crippen LogP contribution in [0, 0.1) is 0 Å². The number of rotatable bonds is 2. The molecule has 206 valence electrons. The van der Waals surface area contributed by atoms with Crippen LogP contribution < -0.4 is 0 Å². The molecule has 2 aliphatic carbocycles. The first kappa shape index (κ1) is 24.1. The molecular weight excluding hydrogens is 532 g/mol.